The third-order valence-electron chi connectivity index (χ3n) is 3.80. The van der Waals surface area contributed by atoms with Gasteiger partial charge in [0, 0.05) is 17.8 Å². The van der Waals surface area contributed by atoms with Crippen LogP contribution in [0.2, 0.25) is 5.15 Å². The van der Waals surface area contributed by atoms with E-state index < -0.39 is 0 Å². The van der Waals surface area contributed by atoms with Crippen LogP contribution in [0.25, 0.3) is 0 Å². The van der Waals surface area contributed by atoms with Crippen molar-refractivity contribution in [2.75, 3.05) is 26.2 Å². The first kappa shape index (κ1) is 16.2. The average molecular weight is 310 g/mol. The van der Waals surface area contributed by atoms with Crippen LogP contribution < -0.4 is 5.32 Å². The summed E-state index contributed by atoms with van der Waals surface area (Å²) in [6, 6.07) is 3.45. The Kier molecular flexibility index (Phi) is 6.00. The van der Waals surface area contributed by atoms with Gasteiger partial charge in [0.2, 0.25) is 0 Å². The Morgan fingerprint density at radius 2 is 2.10 bits per heavy atom. The number of carbonyl (C=O) groups is 1. The molecule has 1 aliphatic rings. The number of pyridine rings is 1. The van der Waals surface area contributed by atoms with Crippen molar-refractivity contribution in [2.45, 2.75) is 39.0 Å². The molecule has 0 saturated carbocycles. The lowest BCUT2D eigenvalue weighted by Crippen LogP contribution is -2.28. The number of aromatic nitrogens is 1. The fourth-order valence-corrected chi connectivity index (χ4v) is 2.77. The molecule has 1 saturated heterocycles. The molecule has 116 valence electrons. The molecule has 0 atom stereocenters. The third-order valence-corrected chi connectivity index (χ3v) is 4.00. The second-order valence-corrected chi connectivity index (χ2v) is 6.30. The van der Waals surface area contributed by atoms with E-state index in [0.29, 0.717) is 17.3 Å². The highest BCUT2D eigenvalue weighted by molar-refractivity contribution is 6.29. The van der Waals surface area contributed by atoms with Gasteiger partial charge < -0.3 is 10.2 Å². The highest BCUT2D eigenvalue weighted by Crippen LogP contribution is 2.17. The minimum Gasteiger partial charge on any atom is -0.352 e. The largest absolute Gasteiger partial charge is 0.352 e. The minimum atomic E-state index is -0.0670. The molecule has 0 aliphatic carbocycles. The van der Waals surface area contributed by atoms with E-state index in [1.165, 1.54) is 25.9 Å². The second kappa shape index (κ2) is 7.76. The first-order valence-corrected chi connectivity index (χ1v) is 8.12. The molecular weight excluding hydrogens is 286 g/mol. The van der Waals surface area contributed by atoms with E-state index in [4.69, 9.17) is 11.6 Å². The van der Waals surface area contributed by atoms with E-state index in [2.05, 4.69) is 15.2 Å². The van der Waals surface area contributed by atoms with Crippen LogP contribution in [-0.4, -0.2) is 42.0 Å². The van der Waals surface area contributed by atoms with Gasteiger partial charge in [-0.3, -0.25) is 4.79 Å². The van der Waals surface area contributed by atoms with Gasteiger partial charge in [-0.2, -0.15) is 0 Å². The van der Waals surface area contributed by atoms with Crippen LogP contribution in [0.1, 0.15) is 55.1 Å². The summed E-state index contributed by atoms with van der Waals surface area (Å²) in [7, 11) is 0. The Morgan fingerprint density at radius 1 is 1.38 bits per heavy atom. The summed E-state index contributed by atoms with van der Waals surface area (Å²) in [5.74, 6) is 0.188. The second-order valence-electron chi connectivity index (χ2n) is 5.92. The first-order chi connectivity index (χ1) is 10.1. The normalized spacial score (nSPS) is 15.6. The van der Waals surface area contributed by atoms with Crippen molar-refractivity contribution in [3.8, 4) is 0 Å². The smallest absolute Gasteiger partial charge is 0.251 e. The number of halogens is 1. The van der Waals surface area contributed by atoms with Crippen LogP contribution in [0.3, 0.4) is 0 Å². The van der Waals surface area contributed by atoms with Gasteiger partial charge in [0.15, 0.2) is 0 Å². The zero-order valence-corrected chi connectivity index (χ0v) is 13.6. The topological polar surface area (TPSA) is 45.2 Å². The maximum absolute atomic E-state index is 12.2. The number of nitrogens with one attached hydrogen (secondary N) is 1. The zero-order chi connectivity index (χ0) is 15.2. The van der Waals surface area contributed by atoms with Gasteiger partial charge in [0.1, 0.15) is 5.15 Å². The van der Waals surface area contributed by atoms with E-state index in [0.717, 1.165) is 18.7 Å². The van der Waals surface area contributed by atoms with Crippen LogP contribution in [0, 0.1) is 0 Å². The van der Waals surface area contributed by atoms with Crippen molar-refractivity contribution < 1.29 is 4.79 Å². The van der Waals surface area contributed by atoms with Crippen molar-refractivity contribution >= 4 is 17.5 Å². The van der Waals surface area contributed by atoms with E-state index in [1.807, 2.05) is 19.9 Å². The first-order valence-electron chi connectivity index (χ1n) is 7.74. The Bertz CT molecular complexity index is 484. The van der Waals surface area contributed by atoms with Gasteiger partial charge in [-0.05, 0) is 56.9 Å². The molecule has 1 aromatic heterocycles. The summed E-state index contributed by atoms with van der Waals surface area (Å²) in [6.45, 7) is 8.24. The molecule has 1 amide bonds. The van der Waals surface area contributed by atoms with Crippen molar-refractivity contribution in [3.63, 3.8) is 0 Å². The molecule has 1 aromatic rings. The lowest BCUT2D eigenvalue weighted by molar-refractivity contribution is 0.0952. The van der Waals surface area contributed by atoms with Gasteiger partial charge in [-0.1, -0.05) is 25.4 Å². The Hall–Kier alpha value is -1.13. The predicted octanol–water partition coefficient (Wildman–Crippen LogP) is 3.07. The summed E-state index contributed by atoms with van der Waals surface area (Å²) in [4.78, 5) is 18.9. The Morgan fingerprint density at radius 3 is 2.76 bits per heavy atom. The Balaban J connectivity index is 1.82. The van der Waals surface area contributed by atoms with Crippen molar-refractivity contribution in [1.82, 2.24) is 15.2 Å². The Labute approximate surface area is 131 Å². The van der Waals surface area contributed by atoms with Crippen LogP contribution in [0.15, 0.2) is 12.1 Å². The molecule has 0 unspecified atom stereocenters. The molecule has 0 aromatic carbocycles. The molecule has 2 heterocycles. The maximum Gasteiger partial charge on any atom is 0.251 e. The van der Waals surface area contributed by atoms with Crippen molar-refractivity contribution in [1.29, 1.82) is 0 Å². The maximum atomic E-state index is 12.2. The quantitative estimate of drug-likeness (QED) is 0.649. The molecular formula is C16H24ClN3O. The van der Waals surface area contributed by atoms with Crippen LogP contribution in [0.4, 0.5) is 0 Å². The number of hydrogen-bond acceptors (Lipinski definition) is 3. The number of nitrogens with zero attached hydrogens (tertiary/aromatic N) is 2. The molecule has 21 heavy (non-hydrogen) atoms. The van der Waals surface area contributed by atoms with Gasteiger partial charge in [-0.15, -0.1) is 0 Å². The molecule has 0 bridgehead atoms. The average Bonchev–Trinajstić information content (AvgIpc) is 2.95. The number of hydrogen-bond donors (Lipinski definition) is 1. The highest BCUT2D eigenvalue weighted by atomic mass is 35.5. The van der Waals surface area contributed by atoms with E-state index in [9.17, 15) is 4.79 Å². The van der Waals surface area contributed by atoms with E-state index in [1.54, 1.807) is 6.07 Å². The fraction of sp³-hybridized carbons (Fsp3) is 0.625. The van der Waals surface area contributed by atoms with Crippen LogP contribution in [0.5, 0.6) is 0 Å². The molecule has 5 heteroatoms. The number of carbonyl (C=O) groups excluding carboxylic acids is 1. The summed E-state index contributed by atoms with van der Waals surface area (Å²) in [5, 5.41) is 3.34. The number of amides is 1. The zero-order valence-electron chi connectivity index (χ0n) is 12.9. The van der Waals surface area contributed by atoms with Crippen LogP contribution in [-0.2, 0) is 0 Å². The van der Waals surface area contributed by atoms with E-state index >= 15 is 0 Å². The monoisotopic (exact) mass is 309 g/mol. The molecule has 1 N–H and O–H groups in total. The standard InChI is InChI=1S/C16H24ClN3O/c1-12(2)14-10-13(11-15(17)19-14)16(21)18-6-5-9-20-7-3-4-8-20/h10-12H,3-9H2,1-2H3,(H,18,21). The van der Waals surface area contributed by atoms with Crippen LogP contribution >= 0.6 is 11.6 Å². The van der Waals surface area contributed by atoms with Crippen molar-refractivity contribution in [2.24, 2.45) is 0 Å². The summed E-state index contributed by atoms with van der Waals surface area (Å²) in [6.07, 6.45) is 3.60. The highest BCUT2D eigenvalue weighted by Gasteiger charge is 2.12. The van der Waals surface area contributed by atoms with Gasteiger partial charge in [0.05, 0.1) is 0 Å². The summed E-state index contributed by atoms with van der Waals surface area (Å²) < 4.78 is 0. The molecule has 0 radical (unpaired) electrons. The fourth-order valence-electron chi connectivity index (χ4n) is 2.56. The lowest BCUT2D eigenvalue weighted by Gasteiger charge is -2.14. The molecule has 1 fully saturated rings. The minimum absolute atomic E-state index is 0.0670. The van der Waals surface area contributed by atoms with Gasteiger partial charge in [-0.25, -0.2) is 4.98 Å². The summed E-state index contributed by atoms with van der Waals surface area (Å²) in [5.41, 5.74) is 1.45. The number of rotatable bonds is 6. The molecule has 2 rings (SSSR count). The lowest BCUT2D eigenvalue weighted by atomic mass is 10.1. The number of likely N-dealkylation sites (tertiary alicyclic amines) is 1. The SMILES string of the molecule is CC(C)c1cc(C(=O)NCCCN2CCCC2)cc(Cl)n1. The van der Waals surface area contributed by atoms with E-state index in [-0.39, 0.29) is 11.8 Å². The summed E-state index contributed by atoms with van der Waals surface area (Å²) >= 11 is 5.99. The molecule has 0 spiro atoms. The van der Waals surface area contributed by atoms with Gasteiger partial charge in [0.25, 0.3) is 5.91 Å². The van der Waals surface area contributed by atoms with Crippen molar-refractivity contribution in [3.05, 3.63) is 28.5 Å². The predicted molar refractivity (Wildman–Crippen MR) is 86.0 cm³/mol. The third kappa shape index (κ3) is 4.97. The molecule has 1 aliphatic heterocycles. The van der Waals surface area contributed by atoms with Gasteiger partial charge >= 0.3 is 0 Å². The molecule has 4 nitrogen and oxygen atoms in total.